The van der Waals surface area contributed by atoms with E-state index in [0.717, 1.165) is 34.1 Å². The molecule has 4 rings (SSSR count). The molecule has 166 valence electrons. The number of rotatable bonds is 7. The third-order valence-corrected chi connectivity index (χ3v) is 6.50. The predicted molar refractivity (Wildman–Crippen MR) is 116 cm³/mol. The van der Waals surface area contributed by atoms with Crippen molar-refractivity contribution in [2.45, 2.75) is 48.5 Å². The van der Waals surface area contributed by atoms with E-state index in [0.29, 0.717) is 18.3 Å². The van der Waals surface area contributed by atoms with E-state index in [1.165, 1.54) is 0 Å². The third-order valence-electron chi connectivity index (χ3n) is 5.36. The lowest BCUT2D eigenvalue weighted by molar-refractivity contribution is -0.205. The van der Waals surface area contributed by atoms with Gasteiger partial charge in [0.15, 0.2) is 5.16 Å². The standard InChI is InChI=1S/C22H26N2O6S/c1-13-6-2-5-9-16(13)29-11-10-24-15-8-4-3-7-14(15)23-22(24)31-21-20(28)19(27)18(26)17(12-25)30-21/h2-9,17-21,25-28H,10-12H2,1H3. The number of aromatic nitrogens is 2. The SMILES string of the molecule is Cc1ccccc1OCCn1c(SC2OC(CO)C(O)C(O)C2O)nc2ccccc21. The Morgan fingerprint density at radius 2 is 1.77 bits per heavy atom. The molecule has 2 aromatic carbocycles. The van der Waals surface area contributed by atoms with E-state index in [4.69, 9.17) is 9.47 Å². The lowest BCUT2D eigenvalue weighted by atomic mass is 10.0. The van der Waals surface area contributed by atoms with Crippen LogP contribution in [0, 0.1) is 6.92 Å². The number of para-hydroxylation sites is 3. The maximum atomic E-state index is 10.4. The highest BCUT2D eigenvalue weighted by Gasteiger charge is 2.44. The second kappa shape index (κ2) is 9.56. The van der Waals surface area contributed by atoms with E-state index < -0.39 is 36.5 Å². The molecule has 8 nitrogen and oxygen atoms in total. The molecule has 4 N–H and O–H groups in total. The smallest absolute Gasteiger partial charge is 0.171 e. The molecule has 0 bridgehead atoms. The first-order valence-electron chi connectivity index (χ1n) is 10.1. The van der Waals surface area contributed by atoms with E-state index in [1.54, 1.807) is 0 Å². The Labute approximate surface area is 184 Å². The molecule has 1 fully saturated rings. The molecular formula is C22H26N2O6S. The number of aryl methyl sites for hydroxylation is 1. The summed E-state index contributed by atoms with van der Waals surface area (Å²) >= 11 is 1.14. The predicted octanol–water partition coefficient (Wildman–Crippen LogP) is 1.32. The molecule has 5 unspecified atom stereocenters. The maximum absolute atomic E-state index is 10.4. The van der Waals surface area contributed by atoms with Crippen LogP contribution in [0.2, 0.25) is 0 Å². The van der Waals surface area contributed by atoms with Crippen LogP contribution in [0.3, 0.4) is 0 Å². The van der Waals surface area contributed by atoms with E-state index in [-0.39, 0.29) is 0 Å². The van der Waals surface area contributed by atoms with Crippen LogP contribution < -0.4 is 4.74 Å². The summed E-state index contributed by atoms with van der Waals surface area (Å²) in [6, 6.07) is 15.5. The molecular weight excluding hydrogens is 420 g/mol. The zero-order valence-corrected chi connectivity index (χ0v) is 17.9. The largest absolute Gasteiger partial charge is 0.491 e. The van der Waals surface area contributed by atoms with Gasteiger partial charge in [-0.1, -0.05) is 42.1 Å². The second-order valence-electron chi connectivity index (χ2n) is 7.46. The lowest BCUT2D eigenvalue weighted by Gasteiger charge is -2.39. The summed E-state index contributed by atoms with van der Waals surface area (Å²) in [5, 5.41) is 40.5. The van der Waals surface area contributed by atoms with E-state index in [9.17, 15) is 20.4 Å². The Morgan fingerprint density at radius 1 is 1.03 bits per heavy atom. The minimum atomic E-state index is -1.43. The van der Waals surface area contributed by atoms with Gasteiger partial charge in [-0.05, 0) is 30.7 Å². The van der Waals surface area contributed by atoms with Crippen molar-refractivity contribution in [2.75, 3.05) is 13.2 Å². The van der Waals surface area contributed by atoms with E-state index in [2.05, 4.69) is 4.98 Å². The molecule has 1 aliphatic rings. The molecule has 5 atom stereocenters. The summed E-state index contributed by atoms with van der Waals surface area (Å²) in [5.74, 6) is 0.815. The normalized spacial score (nSPS) is 26.3. The van der Waals surface area contributed by atoms with Gasteiger partial charge < -0.3 is 34.5 Å². The number of nitrogens with zero attached hydrogens (tertiary/aromatic N) is 2. The fourth-order valence-electron chi connectivity index (χ4n) is 3.59. The fourth-order valence-corrected chi connectivity index (χ4v) is 4.77. The van der Waals surface area contributed by atoms with Crippen LogP contribution in [0.5, 0.6) is 5.75 Å². The second-order valence-corrected chi connectivity index (χ2v) is 8.53. The number of imidazole rings is 1. The minimum Gasteiger partial charge on any atom is -0.491 e. The first-order chi connectivity index (χ1) is 15.0. The Hall–Kier alpha value is -2.14. The van der Waals surface area contributed by atoms with Gasteiger partial charge in [0.2, 0.25) is 0 Å². The van der Waals surface area contributed by atoms with Crippen molar-refractivity contribution in [3.05, 3.63) is 54.1 Å². The topological polar surface area (TPSA) is 117 Å². The Kier molecular flexibility index (Phi) is 6.80. The van der Waals surface area contributed by atoms with Crippen molar-refractivity contribution in [1.29, 1.82) is 0 Å². The summed E-state index contributed by atoms with van der Waals surface area (Å²) < 4.78 is 13.6. The van der Waals surface area contributed by atoms with E-state index in [1.807, 2.05) is 60.0 Å². The number of fused-ring (bicyclic) bond motifs is 1. The average molecular weight is 447 g/mol. The fraction of sp³-hybridized carbons (Fsp3) is 0.409. The highest BCUT2D eigenvalue weighted by molar-refractivity contribution is 7.99. The van der Waals surface area contributed by atoms with Gasteiger partial charge in [0, 0.05) is 0 Å². The molecule has 3 aromatic rings. The maximum Gasteiger partial charge on any atom is 0.171 e. The van der Waals surface area contributed by atoms with Crippen molar-refractivity contribution in [3.63, 3.8) is 0 Å². The Morgan fingerprint density at radius 3 is 2.55 bits per heavy atom. The summed E-state index contributed by atoms with van der Waals surface area (Å²) in [4.78, 5) is 4.65. The molecule has 9 heteroatoms. The first-order valence-corrected chi connectivity index (χ1v) is 11.0. The van der Waals surface area contributed by atoms with Crippen LogP contribution in [0.15, 0.2) is 53.7 Å². The van der Waals surface area contributed by atoms with Gasteiger partial charge in [-0.15, -0.1) is 0 Å². The molecule has 0 radical (unpaired) electrons. The highest BCUT2D eigenvalue weighted by atomic mass is 32.2. The van der Waals surface area contributed by atoms with Crippen LogP contribution >= 0.6 is 11.8 Å². The molecule has 1 aliphatic heterocycles. The molecule has 1 aromatic heterocycles. The Balaban J connectivity index is 1.55. The van der Waals surface area contributed by atoms with Gasteiger partial charge in [0.25, 0.3) is 0 Å². The van der Waals surface area contributed by atoms with Gasteiger partial charge in [-0.3, -0.25) is 0 Å². The molecule has 31 heavy (non-hydrogen) atoms. The molecule has 0 amide bonds. The van der Waals surface area contributed by atoms with E-state index >= 15 is 0 Å². The molecule has 0 saturated carbocycles. The van der Waals surface area contributed by atoms with Gasteiger partial charge in [-0.2, -0.15) is 0 Å². The average Bonchev–Trinajstić information content (AvgIpc) is 3.12. The molecule has 1 saturated heterocycles. The summed E-state index contributed by atoms with van der Waals surface area (Å²) in [5.41, 5.74) is 1.84. The van der Waals surface area contributed by atoms with Crippen molar-refractivity contribution in [2.24, 2.45) is 0 Å². The number of aliphatic hydroxyl groups is 4. The minimum absolute atomic E-state index is 0.410. The van der Waals surface area contributed by atoms with Gasteiger partial charge >= 0.3 is 0 Å². The number of aliphatic hydroxyl groups excluding tert-OH is 4. The van der Waals surface area contributed by atoms with Crippen LogP contribution in [0.4, 0.5) is 0 Å². The summed E-state index contributed by atoms with van der Waals surface area (Å²) in [6.07, 6.45) is -5.11. The van der Waals surface area contributed by atoms with Crippen LogP contribution in [0.25, 0.3) is 11.0 Å². The van der Waals surface area contributed by atoms with Crippen molar-refractivity contribution in [3.8, 4) is 5.75 Å². The third kappa shape index (κ3) is 4.57. The monoisotopic (exact) mass is 446 g/mol. The van der Waals surface area contributed by atoms with Gasteiger partial charge in [0.1, 0.15) is 42.2 Å². The summed E-state index contributed by atoms with van der Waals surface area (Å²) in [6.45, 7) is 2.44. The zero-order valence-electron chi connectivity index (χ0n) is 17.0. The number of ether oxygens (including phenoxy) is 2. The van der Waals surface area contributed by atoms with Gasteiger partial charge in [-0.25, -0.2) is 4.98 Å². The lowest BCUT2D eigenvalue weighted by Crippen LogP contribution is -2.57. The quantitative estimate of drug-likeness (QED) is 0.429. The van der Waals surface area contributed by atoms with Crippen molar-refractivity contribution in [1.82, 2.24) is 9.55 Å². The molecule has 0 aliphatic carbocycles. The number of benzene rings is 2. The number of hydrogen-bond acceptors (Lipinski definition) is 8. The van der Waals surface area contributed by atoms with Crippen LogP contribution in [-0.2, 0) is 11.3 Å². The van der Waals surface area contributed by atoms with Crippen LogP contribution in [0.1, 0.15) is 5.56 Å². The highest BCUT2D eigenvalue weighted by Crippen LogP contribution is 2.34. The zero-order chi connectivity index (χ0) is 22.0. The van der Waals surface area contributed by atoms with Gasteiger partial charge in [0.05, 0.1) is 24.2 Å². The number of thioether (sulfide) groups is 1. The van der Waals surface area contributed by atoms with Crippen LogP contribution in [-0.4, -0.2) is 73.0 Å². The summed E-state index contributed by atoms with van der Waals surface area (Å²) in [7, 11) is 0. The first kappa shape index (κ1) is 22.1. The van der Waals surface area contributed by atoms with Crippen molar-refractivity contribution >= 4 is 22.8 Å². The Bertz CT molecular complexity index is 1030. The number of hydrogen-bond donors (Lipinski definition) is 4. The molecule has 0 spiro atoms. The van der Waals surface area contributed by atoms with Crippen molar-refractivity contribution < 1.29 is 29.9 Å². The molecule has 2 heterocycles.